The topological polar surface area (TPSA) is 150 Å². The lowest BCUT2D eigenvalue weighted by molar-refractivity contribution is -0.159. The van der Waals surface area contributed by atoms with Gasteiger partial charge in [0.1, 0.15) is 5.60 Å². The molecule has 2 atom stereocenters. The van der Waals surface area contributed by atoms with Crippen LogP contribution in [0.25, 0.3) is 0 Å². The number of nitrogens with zero attached hydrogens (tertiary/aromatic N) is 2. The fraction of sp³-hybridized carbons (Fsp3) is 0.826. The lowest BCUT2D eigenvalue weighted by Crippen LogP contribution is -2.60. The fourth-order valence-corrected chi connectivity index (χ4v) is 3.83. The molecule has 0 aliphatic carbocycles. The molecule has 0 bridgehead atoms. The molecule has 10 heteroatoms. The van der Waals surface area contributed by atoms with Gasteiger partial charge in [0.15, 0.2) is 0 Å². The largest absolute Gasteiger partial charge is 0.481 e. The van der Waals surface area contributed by atoms with Crippen LogP contribution in [0.1, 0.15) is 75.7 Å². The monoisotopic (exact) mass is 473 g/mol. The second kappa shape index (κ2) is 11.2. The number of carbonyl (C=O) groups is 4. The first kappa shape index (κ1) is 30.6. The maximum absolute atomic E-state index is 13.3. The van der Waals surface area contributed by atoms with E-state index < -0.39 is 58.2 Å². The first-order chi connectivity index (χ1) is 14.6. The van der Waals surface area contributed by atoms with E-state index in [1.807, 2.05) is 0 Å². The molecule has 0 aromatic carbocycles. The highest BCUT2D eigenvalue weighted by Gasteiger charge is 2.52. The van der Waals surface area contributed by atoms with E-state index in [4.69, 9.17) is 10.6 Å². The number of nitrogens with two attached hydrogens (primary N) is 1. The minimum atomic E-state index is -1.30. The smallest absolute Gasteiger partial charge is 0.410 e. The third kappa shape index (κ3) is 9.19. The van der Waals surface area contributed by atoms with Gasteiger partial charge in [-0.25, -0.2) is 10.6 Å². The van der Waals surface area contributed by atoms with E-state index in [9.17, 15) is 29.4 Å². The predicted octanol–water partition coefficient (Wildman–Crippen LogP) is 3.20. The van der Waals surface area contributed by atoms with Crippen molar-refractivity contribution in [2.45, 2.75) is 87.3 Å². The maximum Gasteiger partial charge on any atom is 0.410 e. The number of amides is 2. The number of rotatable bonds is 9. The second-order valence-electron chi connectivity index (χ2n) is 11.5. The molecule has 2 unspecified atom stereocenters. The second-order valence-corrected chi connectivity index (χ2v) is 11.5. The molecule has 0 radical (unpaired) electrons. The van der Waals surface area contributed by atoms with Crippen LogP contribution in [-0.4, -0.2) is 68.8 Å². The van der Waals surface area contributed by atoms with Crippen LogP contribution in [0.15, 0.2) is 0 Å². The summed E-state index contributed by atoms with van der Waals surface area (Å²) < 4.78 is 5.53. The van der Waals surface area contributed by atoms with Gasteiger partial charge in [-0.15, -0.1) is 0 Å². The van der Waals surface area contributed by atoms with E-state index in [2.05, 4.69) is 0 Å². The lowest BCUT2D eigenvalue weighted by Gasteiger charge is -2.46. The van der Waals surface area contributed by atoms with Crippen molar-refractivity contribution in [3.63, 3.8) is 0 Å². The van der Waals surface area contributed by atoms with Crippen LogP contribution in [0.2, 0.25) is 0 Å². The molecule has 0 fully saturated rings. The molecule has 0 saturated heterocycles. The molecule has 10 nitrogen and oxygen atoms in total. The van der Waals surface area contributed by atoms with E-state index in [1.54, 1.807) is 69.2 Å². The zero-order chi connectivity index (χ0) is 26.5. The van der Waals surface area contributed by atoms with Crippen LogP contribution in [0.4, 0.5) is 4.79 Å². The van der Waals surface area contributed by atoms with Crippen LogP contribution in [0, 0.1) is 22.7 Å². The summed E-state index contributed by atoms with van der Waals surface area (Å²) in [6.45, 7) is 16.7. The van der Waals surface area contributed by atoms with Gasteiger partial charge in [0.25, 0.3) is 0 Å². The van der Waals surface area contributed by atoms with Crippen LogP contribution in [0.5, 0.6) is 0 Å². The summed E-state index contributed by atoms with van der Waals surface area (Å²) in [6, 6.07) is -1.30. The number of carboxylic acid groups (broad SMARTS) is 2. The Morgan fingerprint density at radius 1 is 0.848 bits per heavy atom. The van der Waals surface area contributed by atoms with Gasteiger partial charge in [0, 0.05) is 19.5 Å². The Bertz CT molecular complexity index is 685. The molecular formula is C23H43N3O7. The van der Waals surface area contributed by atoms with Crippen molar-refractivity contribution < 1.29 is 34.1 Å². The molecule has 0 saturated carbocycles. The number of ether oxygens (including phenoxy) is 1. The van der Waals surface area contributed by atoms with E-state index in [0.29, 0.717) is 0 Å². The first-order valence-electron chi connectivity index (χ1n) is 11.2. The third-order valence-electron chi connectivity index (χ3n) is 5.30. The molecule has 0 spiro atoms. The van der Waals surface area contributed by atoms with Gasteiger partial charge in [0.2, 0.25) is 5.91 Å². The number of hydrazine groups is 1. The Kier molecular flexibility index (Phi) is 10.4. The summed E-state index contributed by atoms with van der Waals surface area (Å²) in [5.74, 6) is 0.205. The van der Waals surface area contributed by atoms with Gasteiger partial charge in [-0.2, -0.15) is 0 Å². The third-order valence-corrected chi connectivity index (χ3v) is 5.30. The van der Waals surface area contributed by atoms with Gasteiger partial charge in [0.05, 0.1) is 17.9 Å². The summed E-state index contributed by atoms with van der Waals surface area (Å²) in [7, 11) is 0. The van der Waals surface area contributed by atoms with Gasteiger partial charge in [-0.3, -0.25) is 19.4 Å². The quantitative estimate of drug-likeness (QED) is 0.262. The van der Waals surface area contributed by atoms with Crippen LogP contribution in [0.3, 0.4) is 0 Å². The Morgan fingerprint density at radius 2 is 1.24 bits per heavy atom. The lowest BCUT2D eigenvalue weighted by atomic mass is 9.65. The number of aliphatic carboxylic acids is 2. The summed E-state index contributed by atoms with van der Waals surface area (Å²) >= 11 is 0. The maximum atomic E-state index is 13.3. The molecule has 0 aromatic rings. The Morgan fingerprint density at radius 3 is 1.52 bits per heavy atom. The minimum absolute atomic E-state index is 0.215. The fourth-order valence-electron chi connectivity index (χ4n) is 3.83. The van der Waals surface area contributed by atoms with E-state index in [0.717, 1.165) is 9.91 Å². The average Bonchev–Trinajstić information content (AvgIpc) is 2.55. The number of hydrogen-bond donors (Lipinski definition) is 3. The van der Waals surface area contributed by atoms with Crippen molar-refractivity contribution in [1.29, 1.82) is 0 Å². The Hall–Kier alpha value is -2.36. The van der Waals surface area contributed by atoms with E-state index in [-0.39, 0.29) is 19.5 Å². The van der Waals surface area contributed by atoms with E-state index in [1.165, 1.54) is 0 Å². The first-order valence-corrected chi connectivity index (χ1v) is 11.2. The average molecular weight is 474 g/mol. The molecule has 0 aliphatic heterocycles. The van der Waals surface area contributed by atoms with Gasteiger partial charge in [-0.1, -0.05) is 41.5 Å². The number of hydrogen-bond acceptors (Lipinski definition) is 6. The molecule has 2 amide bonds. The van der Waals surface area contributed by atoms with Crippen molar-refractivity contribution in [3.05, 3.63) is 0 Å². The zero-order valence-electron chi connectivity index (χ0n) is 21.8. The molecule has 0 heterocycles. The van der Waals surface area contributed by atoms with Crippen molar-refractivity contribution in [3.8, 4) is 0 Å². The highest BCUT2D eigenvalue weighted by Crippen LogP contribution is 2.42. The molecule has 192 valence electrons. The van der Waals surface area contributed by atoms with Crippen molar-refractivity contribution in [2.75, 3.05) is 13.1 Å². The summed E-state index contributed by atoms with van der Waals surface area (Å²) in [6.07, 6.45) is -1.10. The van der Waals surface area contributed by atoms with Crippen LogP contribution < -0.4 is 5.84 Å². The standard InChI is InChI=1S/C23H43N3O7/c1-11-26(24)14(27)12-13-25(20(32)33-23(8,9)10)17(15(18(28)29)21(2,3)4)16(19(30)31)22(5,6)7/h15-17H,11-13,24H2,1-10H3,(H,28,29)(H,30,31). The van der Waals surface area contributed by atoms with Crippen molar-refractivity contribution in [2.24, 2.45) is 28.5 Å². The van der Waals surface area contributed by atoms with Crippen molar-refractivity contribution >= 4 is 23.9 Å². The van der Waals surface area contributed by atoms with Gasteiger partial charge in [-0.05, 0) is 38.5 Å². The van der Waals surface area contributed by atoms with Gasteiger partial charge < -0.3 is 19.8 Å². The summed E-state index contributed by atoms with van der Waals surface area (Å²) in [5, 5.41) is 21.3. The highest BCUT2D eigenvalue weighted by molar-refractivity contribution is 5.80. The van der Waals surface area contributed by atoms with Crippen LogP contribution in [-0.2, 0) is 19.1 Å². The molecule has 0 aromatic heterocycles. The predicted molar refractivity (Wildman–Crippen MR) is 124 cm³/mol. The molecule has 4 N–H and O–H groups in total. The minimum Gasteiger partial charge on any atom is -0.481 e. The normalized spacial score (nSPS) is 15.2. The number of carbonyl (C=O) groups excluding carboxylic acids is 2. The molecular weight excluding hydrogens is 430 g/mol. The summed E-state index contributed by atoms with van der Waals surface area (Å²) in [5.41, 5.74) is -2.75. The van der Waals surface area contributed by atoms with Crippen LogP contribution >= 0.6 is 0 Å². The zero-order valence-corrected chi connectivity index (χ0v) is 21.8. The van der Waals surface area contributed by atoms with E-state index >= 15 is 0 Å². The summed E-state index contributed by atoms with van der Waals surface area (Å²) in [4.78, 5) is 51.8. The van der Waals surface area contributed by atoms with Gasteiger partial charge >= 0.3 is 18.0 Å². The Balaban J connectivity index is 6.88. The Labute approximate surface area is 197 Å². The molecule has 33 heavy (non-hydrogen) atoms. The molecule has 0 aliphatic rings. The SMILES string of the molecule is CCN(N)C(=O)CCN(C(=O)OC(C)(C)C)C(C(C(=O)O)C(C)(C)C)C(C(=O)O)C(C)(C)C. The molecule has 0 rings (SSSR count). The van der Waals surface area contributed by atoms with Crippen molar-refractivity contribution in [1.82, 2.24) is 9.91 Å². The number of carboxylic acids is 2. The highest BCUT2D eigenvalue weighted by atomic mass is 16.6.